The Morgan fingerprint density at radius 1 is 1.18 bits per heavy atom. The lowest BCUT2D eigenvalue weighted by Gasteiger charge is -2.21. The van der Waals surface area contributed by atoms with Crippen LogP contribution in [-0.2, 0) is 6.54 Å². The van der Waals surface area contributed by atoms with E-state index in [1.165, 1.54) is 18.1 Å². The van der Waals surface area contributed by atoms with Gasteiger partial charge in [0.15, 0.2) is 33.6 Å². The molecule has 4 aromatic rings. The molecule has 178 valence electrons. The van der Waals surface area contributed by atoms with Crippen molar-refractivity contribution in [2.75, 3.05) is 25.5 Å². The van der Waals surface area contributed by atoms with Gasteiger partial charge in [-0.2, -0.15) is 5.10 Å². The largest absolute Gasteiger partial charge is 0.486 e. The topological polar surface area (TPSA) is 129 Å². The van der Waals surface area contributed by atoms with Crippen LogP contribution < -0.4 is 20.5 Å². The third-order valence-corrected chi connectivity index (χ3v) is 6.43. The molecule has 0 saturated heterocycles. The number of ether oxygens (including phenoxy) is 2. The van der Waals surface area contributed by atoms with Crippen molar-refractivity contribution in [3.63, 3.8) is 0 Å². The van der Waals surface area contributed by atoms with Gasteiger partial charge in [0.25, 0.3) is 0 Å². The summed E-state index contributed by atoms with van der Waals surface area (Å²) in [6.07, 6.45) is 4.13. The number of aryl methyl sites for hydroxylation is 1. The number of rotatable bonds is 7. The zero-order chi connectivity index (χ0) is 23.7. The molecule has 5 rings (SSSR count). The lowest BCUT2D eigenvalue weighted by Crippen LogP contribution is -2.36. The number of fused-ring (bicyclic) bond motifs is 2. The molecule has 10 nitrogen and oxygen atoms in total. The number of nitrogen functional groups attached to an aromatic ring is 1. The monoisotopic (exact) mass is 480 g/mol. The van der Waals surface area contributed by atoms with Gasteiger partial charge in [0, 0.05) is 28.7 Å². The molecule has 0 radical (unpaired) electrons. The molecule has 0 aliphatic carbocycles. The first-order chi connectivity index (χ1) is 16.4. The zero-order valence-electron chi connectivity index (χ0n) is 19.5. The van der Waals surface area contributed by atoms with Crippen molar-refractivity contribution in [3.8, 4) is 22.8 Å². The van der Waals surface area contributed by atoms with Gasteiger partial charge in [-0.05, 0) is 51.9 Å². The molecule has 1 aliphatic rings. The predicted molar refractivity (Wildman–Crippen MR) is 131 cm³/mol. The number of aromatic amines is 1. The minimum absolute atomic E-state index is 0.0609. The number of nitrogens with one attached hydrogen (secondary N) is 2. The maximum absolute atomic E-state index is 6.14. The van der Waals surface area contributed by atoms with E-state index in [9.17, 15) is 0 Å². The standard InChI is InChI=1S/C23H28N8O2S/c1-23(2,3)27-6-4-8-31-21-19(20(24)25-13-26-21)29-22(31)34-18-12-17-16(32-9-10-33-17)11-14(18)15-5-7-28-30-15/h5,7,11-13,27H,4,6,8-10H2,1-3H3,(H,28,30)(H2,24,25,26). The van der Waals surface area contributed by atoms with Crippen molar-refractivity contribution < 1.29 is 9.47 Å². The van der Waals surface area contributed by atoms with E-state index in [0.717, 1.165) is 52.2 Å². The second-order valence-electron chi connectivity index (χ2n) is 9.07. The molecule has 0 spiro atoms. The molecule has 0 amide bonds. The number of imidazole rings is 1. The molecular weight excluding hydrogens is 452 g/mol. The summed E-state index contributed by atoms with van der Waals surface area (Å²) in [6, 6.07) is 5.91. The van der Waals surface area contributed by atoms with E-state index < -0.39 is 0 Å². The Labute approximate surface area is 201 Å². The lowest BCUT2D eigenvalue weighted by atomic mass is 10.1. The molecule has 0 saturated carbocycles. The molecule has 0 bridgehead atoms. The summed E-state index contributed by atoms with van der Waals surface area (Å²) >= 11 is 1.53. The Morgan fingerprint density at radius 3 is 2.71 bits per heavy atom. The van der Waals surface area contributed by atoms with Crippen LogP contribution in [0.3, 0.4) is 0 Å². The summed E-state index contributed by atoms with van der Waals surface area (Å²) in [5, 5.41) is 11.5. The fraction of sp³-hybridized carbons (Fsp3) is 0.391. The Hall–Kier alpha value is -3.31. The van der Waals surface area contributed by atoms with E-state index in [4.69, 9.17) is 20.2 Å². The third kappa shape index (κ3) is 4.66. The van der Waals surface area contributed by atoms with Crippen LogP contribution in [0, 0.1) is 0 Å². The average molecular weight is 481 g/mol. The second kappa shape index (κ2) is 9.15. The Morgan fingerprint density at radius 2 is 1.97 bits per heavy atom. The highest BCUT2D eigenvalue weighted by Crippen LogP contribution is 2.43. The van der Waals surface area contributed by atoms with Crippen molar-refractivity contribution in [1.29, 1.82) is 0 Å². The van der Waals surface area contributed by atoms with Gasteiger partial charge >= 0.3 is 0 Å². The molecule has 3 aromatic heterocycles. The Kier molecular flexibility index (Phi) is 6.05. The van der Waals surface area contributed by atoms with E-state index in [2.05, 4.69) is 50.8 Å². The third-order valence-electron chi connectivity index (χ3n) is 5.38. The van der Waals surface area contributed by atoms with Crippen molar-refractivity contribution in [1.82, 2.24) is 35.0 Å². The Bertz CT molecular complexity index is 1300. The maximum Gasteiger partial charge on any atom is 0.175 e. The van der Waals surface area contributed by atoms with Gasteiger partial charge in [0.05, 0.1) is 5.69 Å². The predicted octanol–water partition coefficient (Wildman–Crippen LogP) is 3.50. The molecule has 34 heavy (non-hydrogen) atoms. The first kappa shape index (κ1) is 22.5. The maximum atomic E-state index is 6.14. The van der Waals surface area contributed by atoms with E-state index in [0.29, 0.717) is 30.3 Å². The van der Waals surface area contributed by atoms with Gasteiger partial charge in [-0.15, -0.1) is 0 Å². The van der Waals surface area contributed by atoms with Gasteiger partial charge in [0.2, 0.25) is 0 Å². The van der Waals surface area contributed by atoms with Crippen molar-refractivity contribution >= 4 is 28.7 Å². The zero-order valence-corrected chi connectivity index (χ0v) is 20.3. The SMILES string of the molecule is CC(C)(C)NCCCn1c(Sc2cc3c(cc2-c2ccn[nH]2)OCCO3)nc2c(N)ncnc21. The lowest BCUT2D eigenvalue weighted by molar-refractivity contribution is 0.171. The molecule has 0 atom stereocenters. The molecule has 4 heterocycles. The highest BCUT2D eigenvalue weighted by atomic mass is 32.2. The van der Waals surface area contributed by atoms with Crippen LogP contribution in [0.1, 0.15) is 27.2 Å². The van der Waals surface area contributed by atoms with Crippen molar-refractivity contribution in [3.05, 3.63) is 30.7 Å². The smallest absolute Gasteiger partial charge is 0.175 e. The number of aromatic nitrogens is 6. The quantitative estimate of drug-likeness (QED) is 0.340. The van der Waals surface area contributed by atoms with Gasteiger partial charge < -0.3 is 25.1 Å². The normalized spacial score (nSPS) is 13.5. The molecular formula is C23H28N8O2S. The minimum Gasteiger partial charge on any atom is -0.486 e. The van der Waals surface area contributed by atoms with Gasteiger partial charge in [0.1, 0.15) is 19.5 Å². The van der Waals surface area contributed by atoms with Crippen molar-refractivity contribution in [2.24, 2.45) is 0 Å². The molecule has 11 heteroatoms. The van der Waals surface area contributed by atoms with Crippen LogP contribution in [0.2, 0.25) is 0 Å². The fourth-order valence-electron chi connectivity index (χ4n) is 3.78. The minimum atomic E-state index is 0.0609. The van der Waals surface area contributed by atoms with Crippen LogP contribution in [0.25, 0.3) is 22.4 Å². The summed E-state index contributed by atoms with van der Waals surface area (Å²) in [5.41, 5.74) is 9.38. The van der Waals surface area contributed by atoms with Crippen LogP contribution in [0.5, 0.6) is 11.5 Å². The number of hydrogen-bond donors (Lipinski definition) is 3. The van der Waals surface area contributed by atoms with Gasteiger partial charge in [-0.1, -0.05) is 11.8 Å². The van der Waals surface area contributed by atoms with Crippen molar-refractivity contribution in [2.45, 2.75) is 49.3 Å². The summed E-state index contributed by atoms with van der Waals surface area (Å²) in [4.78, 5) is 14.4. The molecule has 1 aromatic carbocycles. The van der Waals surface area contributed by atoms with Crippen LogP contribution in [-0.4, -0.2) is 55.0 Å². The number of H-pyrrole nitrogens is 1. The molecule has 0 unspecified atom stereocenters. The summed E-state index contributed by atoms with van der Waals surface area (Å²) in [6.45, 7) is 9.14. The van der Waals surface area contributed by atoms with E-state index >= 15 is 0 Å². The molecule has 1 aliphatic heterocycles. The van der Waals surface area contributed by atoms with Crippen LogP contribution in [0.4, 0.5) is 5.82 Å². The number of benzene rings is 1. The van der Waals surface area contributed by atoms with E-state index in [-0.39, 0.29) is 5.54 Å². The van der Waals surface area contributed by atoms with E-state index in [1.54, 1.807) is 6.20 Å². The number of hydrogen-bond acceptors (Lipinski definition) is 9. The summed E-state index contributed by atoms with van der Waals surface area (Å²) in [5.74, 6) is 1.81. The number of nitrogens with zero attached hydrogens (tertiary/aromatic N) is 5. The summed E-state index contributed by atoms with van der Waals surface area (Å²) < 4.78 is 13.8. The average Bonchev–Trinajstić information content (AvgIpc) is 3.45. The van der Waals surface area contributed by atoms with Crippen LogP contribution in [0.15, 0.2) is 40.8 Å². The summed E-state index contributed by atoms with van der Waals surface area (Å²) in [7, 11) is 0. The fourth-order valence-corrected chi connectivity index (χ4v) is 4.85. The van der Waals surface area contributed by atoms with Gasteiger partial charge in [-0.25, -0.2) is 15.0 Å². The van der Waals surface area contributed by atoms with Crippen LogP contribution >= 0.6 is 11.8 Å². The molecule has 0 fully saturated rings. The van der Waals surface area contributed by atoms with Gasteiger partial charge in [-0.3, -0.25) is 5.10 Å². The molecule has 4 N–H and O–H groups in total. The Balaban J connectivity index is 1.53. The first-order valence-corrected chi connectivity index (χ1v) is 12.0. The van der Waals surface area contributed by atoms with E-state index in [1.807, 2.05) is 18.2 Å². The number of nitrogens with two attached hydrogens (primary N) is 1. The number of anilines is 1. The highest BCUT2D eigenvalue weighted by molar-refractivity contribution is 7.99. The second-order valence-corrected chi connectivity index (χ2v) is 10.1. The first-order valence-electron chi connectivity index (χ1n) is 11.2. The highest BCUT2D eigenvalue weighted by Gasteiger charge is 2.22.